The molecular weight excluding hydrogens is 249 g/mol. The largest absolute Gasteiger partial charge is 0.204 e. The molecule has 3 heteroatoms. The molecule has 0 N–H and O–H groups in total. The molecule has 1 saturated carbocycles. The third-order valence-corrected chi connectivity index (χ3v) is 3.89. The molecule has 0 unspecified atom stereocenters. The summed E-state index contributed by atoms with van der Waals surface area (Å²) in [5.74, 6) is -2.81. The van der Waals surface area contributed by atoms with Crippen LogP contribution in [-0.2, 0) is 0 Å². The topological polar surface area (TPSA) is 0 Å². The second-order valence-corrected chi connectivity index (χ2v) is 5.25. The SMILES string of the molecule is CCC=CC1CCC(c2cc(F)c(F)c(F)c2)CC1. The summed E-state index contributed by atoms with van der Waals surface area (Å²) in [6.07, 6.45) is 9.31. The minimum absolute atomic E-state index is 0.149. The highest BCUT2D eigenvalue weighted by Gasteiger charge is 2.23. The van der Waals surface area contributed by atoms with Gasteiger partial charge in [0.05, 0.1) is 0 Å². The molecule has 104 valence electrons. The molecule has 1 aromatic carbocycles. The first-order chi connectivity index (χ1) is 9.11. The average Bonchev–Trinajstić information content (AvgIpc) is 2.42. The van der Waals surface area contributed by atoms with Gasteiger partial charge >= 0.3 is 0 Å². The van der Waals surface area contributed by atoms with E-state index in [9.17, 15) is 13.2 Å². The van der Waals surface area contributed by atoms with E-state index >= 15 is 0 Å². The van der Waals surface area contributed by atoms with Crippen LogP contribution in [0, 0.1) is 23.4 Å². The summed E-state index contributed by atoms with van der Waals surface area (Å²) in [5, 5.41) is 0. The second kappa shape index (κ2) is 6.27. The van der Waals surface area contributed by atoms with Gasteiger partial charge in [-0.3, -0.25) is 0 Å². The highest BCUT2D eigenvalue weighted by molar-refractivity contribution is 5.23. The third kappa shape index (κ3) is 3.40. The summed E-state index contributed by atoms with van der Waals surface area (Å²) in [4.78, 5) is 0. The van der Waals surface area contributed by atoms with Gasteiger partial charge in [-0.1, -0.05) is 19.1 Å². The van der Waals surface area contributed by atoms with Gasteiger partial charge in [0.2, 0.25) is 0 Å². The zero-order chi connectivity index (χ0) is 13.8. The van der Waals surface area contributed by atoms with Crippen LogP contribution in [0.4, 0.5) is 13.2 Å². The van der Waals surface area contributed by atoms with Crippen molar-refractivity contribution in [3.8, 4) is 0 Å². The summed E-state index contributed by atoms with van der Waals surface area (Å²) < 4.78 is 39.3. The summed E-state index contributed by atoms with van der Waals surface area (Å²) in [6, 6.07) is 2.29. The van der Waals surface area contributed by atoms with Crippen LogP contribution in [0.15, 0.2) is 24.3 Å². The Labute approximate surface area is 112 Å². The van der Waals surface area contributed by atoms with Gasteiger partial charge in [0, 0.05) is 0 Å². The van der Waals surface area contributed by atoms with Crippen molar-refractivity contribution in [3.63, 3.8) is 0 Å². The number of rotatable bonds is 3. The fraction of sp³-hybridized carbons (Fsp3) is 0.500. The van der Waals surface area contributed by atoms with Crippen LogP contribution in [0.1, 0.15) is 50.5 Å². The molecule has 0 amide bonds. The fourth-order valence-electron chi connectivity index (χ4n) is 2.78. The van der Waals surface area contributed by atoms with Crippen molar-refractivity contribution < 1.29 is 13.2 Å². The Morgan fingerprint density at radius 1 is 1.05 bits per heavy atom. The highest BCUT2D eigenvalue weighted by Crippen LogP contribution is 2.37. The van der Waals surface area contributed by atoms with Crippen molar-refractivity contribution in [1.29, 1.82) is 0 Å². The molecule has 0 spiro atoms. The van der Waals surface area contributed by atoms with Crippen LogP contribution in [0.3, 0.4) is 0 Å². The number of allylic oxidation sites excluding steroid dienone is 2. The standard InChI is InChI=1S/C16H19F3/c1-2-3-4-11-5-7-12(8-6-11)13-9-14(17)16(19)15(18)10-13/h3-4,9-12H,2,5-8H2,1H3. The number of hydrogen-bond acceptors (Lipinski definition) is 0. The second-order valence-electron chi connectivity index (χ2n) is 5.25. The molecule has 0 saturated heterocycles. The Bertz CT molecular complexity index is 434. The maximum absolute atomic E-state index is 13.2. The van der Waals surface area contributed by atoms with Gasteiger partial charge in [-0.25, -0.2) is 13.2 Å². The first-order valence-electron chi connectivity index (χ1n) is 6.93. The van der Waals surface area contributed by atoms with Crippen LogP contribution in [0.25, 0.3) is 0 Å². The predicted molar refractivity (Wildman–Crippen MR) is 70.4 cm³/mol. The van der Waals surface area contributed by atoms with Crippen molar-refractivity contribution in [2.75, 3.05) is 0 Å². The third-order valence-electron chi connectivity index (χ3n) is 3.89. The van der Waals surface area contributed by atoms with E-state index in [-0.39, 0.29) is 5.92 Å². The Balaban J connectivity index is 2.03. The predicted octanol–water partition coefficient (Wildman–Crippen LogP) is 5.34. The minimum atomic E-state index is -1.37. The molecular formula is C16H19F3. The minimum Gasteiger partial charge on any atom is -0.204 e. The van der Waals surface area contributed by atoms with Gasteiger partial charge < -0.3 is 0 Å². The first kappa shape index (κ1) is 14.2. The molecule has 0 aliphatic heterocycles. The molecule has 0 nitrogen and oxygen atoms in total. The van der Waals surface area contributed by atoms with Gasteiger partial charge in [0.25, 0.3) is 0 Å². The number of hydrogen-bond donors (Lipinski definition) is 0. The number of halogens is 3. The van der Waals surface area contributed by atoms with E-state index in [1.54, 1.807) is 0 Å². The molecule has 2 rings (SSSR count). The lowest BCUT2D eigenvalue weighted by molar-refractivity contribution is 0.371. The highest BCUT2D eigenvalue weighted by atomic mass is 19.2. The maximum atomic E-state index is 13.2. The lowest BCUT2D eigenvalue weighted by atomic mass is 9.78. The van der Waals surface area contributed by atoms with Crippen molar-refractivity contribution in [2.45, 2.75) is 44.9 Å². The molecule has 0 radical (unpaired) electrons. The van der Waals surface area contributed by atoms with Crippen LogP contribution >= 0.6 is 0 Å². The van der Waals surface area contributed by atoms with Gasteiger partial charge in [-0.2, -0.15) is 0 Å². The van der Waals surface area contributed by atoms with E-state index in [1.165, 1.54) is 0 Å². The van der Waals surface area contributed by atoms with Crippen LogP contribution < -0.4 is 0 Å². The Morgan fingerprint density at radius 2 is 1.63 bits per heavy atom. The lowest BCUT2D eigenvalue weighted by Gasteiger charge is -2.27. The molecule has 0 aromatic heterocycles. The molecule has 0 bridgehead atoms. The summed E-state index contributed by atoms with van der Waals surface area (Å²) in [6.45, 7) is 2.10. The Hall–Kier alpha value is -1.25. The summed E-state index contributed by atoms with van der Waals surface area (Å²) >= 11 is 0. The van der Waals surface area contributed by atoms with Gasteiger partial charge in [-0.15, -0.1) is 0 Å². The molecule has 19 heavy (non-hydrogen) atoms. The summed E-state index contributed by atoms with van der Waals surface area (Å²) in [7, 11) is 0. The zero-order valence-electron chi connectivity index (χ0n) is 11.1. The van der Waals surface area contributed by atoms with Crippen molar-refractivity contribution >= 4 is 0 Å². The zero-order valence-corrected chi connectivity index (χ0v) is 11.1. The average molecular weight is 268 g/mol. The van der Waals surface area contributed by atoms with Gasteiger partial charge in [-0.05, 0) is 61.6 Å². The van der Waals surface area contributed by atoms with Crippen LogP contribution in [-0.4, -0.2) is 0 Å². The molecule has 1 aliphatic carbocycles. The van der Waals surface area contributed by atoms with Crippen LogP contribution in [0.2, 0.25) is 0 Å². The van der Waals surface area contributed by atoms with Crippen molar-refractivity contribution in [1.82, 2.24) is 0 Å². The van der Waals surface area contributed by atoms with Gasteiger partial charge in [0.15, 0.2) is 17.5 Å². The van der Waals surface area contributed by atoms with E-state index < -0.39 is 17.5 Å². The van der Waals surface area contributed by atoms with Crippen molar-refractivity contribution in [3.05, 3.63) is 47.3 Å². The molecule has 1 fully saturated rings. The van der Waals surface area contributed by atoms with E-state index in [0.29, 0.717) is 11.5 Å². The quantitative estimate of drug-likeness (QED) is 0.512. The maximum Gasteiger partial charge on any atom is 0.194 e. The Kier molecular flexibility index (Phi) is 4.67. The lowest BCUT2D eigenvalue weighted by Crippen LogP contribution is -2.12. The normalized spacial score (nSPS) is 24.0. The number of benzene rings is 1. The molecule has 1 aromatic rings. The van der Waals surface area contributed by atoms with E-state index in [0.717, 1.165) is 44.2 Å². The van der Waals surface area contributed by atoms with E-state index in [1.807, 2.05) is 0 Å². The van der Waals surface area contributed by atoms with E-state index in [4.69, 9.17) is 0 Å². The summed E-state index contributed by atoms with van der Waals surface area (Å²) in [5.41, 5.74) is 0.592. The monoisotopic (exact) mass is 268 g/mol. The molecule has 0 atom stereocenters. The van der Waals surface area contributed by atoms with E-state index in [2.05, 4.69) is 19.1 Å². The van der Waals surface area contributed by atoms with Crippen LogP contribution in [0.5, 0.6) is 0 Å². The van der Waals surface area contributed by atoms with Crippen molar-refractivity contribution in [2.24, 2.45) is 5.92 Å². The fourth-order valence-corrected chi connectivity index (χ4v) is 2.78. The smallest absolute Gasteiger partial charge is 0.194 e. The Morgan fingerprint density at radius 3 is 2.16 bits per heavy atom. The molecule has 0 heterocycles. The van der Waals surface area contributed by atoms with Gasteiger partial charge in [0.1, 0.15) is 0 Å². The first-order valence-corrected chi connectivity index (χ1v) is 6.93. The molecule has 1 aliphatic rings.